The van der Waals surface area contributed by atoms with Crippen LogP contribution >= 0.6 is 0 Å². The zero-order valence-corrected chi connectivity index (χ0v) is 21.1. The number of hydrogen-bond acceptors (Lipinski definition) is 7. The molecule has 0 aromatic rings. The average molecular weight is 495 g/mol. The molecular formula is C24H46O8S. The normalized spacial score (nSPS) is 24.0. The van der Waals surface area contributed by atoms with E-state index in [2.05, 4.69) is 23.3 Å². The van der Waals surface area contributed by atoms with E-state index in [0.717, 1.165) is 25.7 Å². The lowest BCUT2D eigenvalue weighted by molar-refractivity contribution is -0.255. The molecule has 196 valence electrons. The summed E-state index contributed by atoms with van der Waals surface area (Å²) in [6, 6.07) is 0. The minimum atomic E-state index is -4.64. The van der Waals surface area contributed by atoms with Gasteiger partial charge in [0, 0.05) is 13.0 Å². The molecule has 9 heteroatoms. The number of aliphatic hydroxyl groups is 2. The van der Waals surface area contributed by atoms with E-state index >= 15 is 0 Å². The summed E-state index contributed by atoms with van der Waals surface area (Å²) in [5.41, 5.74) is 0. The summed E-state index contributed by atoms with van der Waals surface area (Å²) < 4.78 is 45.3. The molecule has 33 heavy (non-hydrogen) atoms. The van der Waals surface area contributed by atoms with Crippen LogP contribution < -0.4 is 0 Å². The van der Waals surface area contributed by atoms with E-state index < -0.39 is 41.6 Å². The molecule has 1 aliphatic heterocycles. The van der Waals surface area contributed by atoms with Gasteiger partial charge in [-0.15, -0.1) is 0 Å². The van der Waals surface area contributed by atoms with E-state index in [1.807, 2.05) is 0 Å². The Bertz CT molecular complexity index is 595. The van der Waals surface area contributed by atoms with Crippen molar-refractivity contribution in [3.8, 4) is 0 Å². The van der Waals surface area contributed by atoms with Gasteiger partial charge in [-0.25, -0.2) is 4.18 Å². The summed E-state index contributed by atoms with van der Waals surface area (Å²) in [7, 11) is -4.64. The van der Waals surface area contributed by atoms with Gasteiger partial charge in [0.2, 0.25) is 0 Å². The van der Waals surface area contributed by atoms with E-state index in [4.69, 9.17) is 14.0 Å². The molecule has 0 saturated carbocycles. The first-order chi connectivity index (χ1) is 15.8. The molecule has 0 aromatic carbocycles. The molecule has 3 N–H and O–H groups in total. The first-order valence-electron chi connectivity index (χ1n) is 12.7. The summed E-state index contributed by atoms with van der Waals surface area (Å²) >= 11 is 0. The number of aliphatic hydroxyl groups excluding tert-OH is 2. The van der Waals surface area contributed by atoms with Crippen molar-refractivity contribution in [2.24, 2.45) is 0 Å². The van der Waals surface area contributed by atoms with Gasteiger partial charge >= 0.3 is 10.4 Å². The number of hydrogen-bond donors (Lipinski definition) is 3. The Labute approximate surface area is 200 Å². The second-order valence-electron chi connectivity index (χ2n) is 8.92. The zero-order valence-electron chi connectivity index (χ0n) is 20.3. The first-order valence-corrected chi connectivity index (χ1v) is 14.1. The lowest BCUT2D eigenvalue weighted by atomic mass is 10.0. The average Bonchev–Trinajstić information content (AvgIpc) is 2.76. The summed E-state index contributed by atoms with van der Waals surface area (Å²) in [5, 5.41) is 19.8. The predicted molar refractivity (Wildman–Crippen MR) is 128 cm³/mol. The maximum atomic E-state index is 10.7. The van der Waals surface area contributed by atoms with Gasteiger partial charge < -0.3 is 19.7 Å². The molecule has 1 heterocycles. The van der Waals surface area contributed by atoms with E-state index in [0.29, 0.717) is 6.61 Å². The summed E-state index contributed by atoms with van der Waals surface area (Å²) in [6.45, 7) is 2.12. The highest BCUT2D eigenvalue weighted by Gasteiger charge is 2.38. The molecule has 0 aliphatic carbocycles. The molecule has 0 spiro atoms. The highest BCUT2D eigenvalue weighted by Crippen LogP contribution is 2.22. The van der Waals surface area contributed by atoms with Crippen LogP contribution in [0.5, 0.6) is 0 Å². The molecule has 1 fully saturated rings. The minimum Gasteiger partial charge on any atom is -0.390 e. The van der Waals surface area contributed by atoms with Crippen LogP contribution in [0.4, 0.5) is 0 Å². The maximum absolute atomic E-state index is 10.7. The van der Waals surface area contributed by atoms with Crippen molar-refractivity contribution in [2.75, 3.05) is 13.2 Å². The molecule has 4 atom stereocenters. The topological polar surface area (TPSA) is 123 Å². The molecule has 1 aliphatic rings. The third kappa shape index (κ3) is 16.7. The quantitative estimate of drug-likeness (QED) is 0.126. The summed E-state index contributed by atoms with van der Waals surface area (Å²) in [5.74, 6) is 0. The molecule has 0 aromatic heterocycles. The molecule has 1 saturated heterocycles. The highest BCUT2D eigenvalue weighted by molar-refractivity contribution is 7.80. The lowest BCUT2D eigenvalue weighted by Crippen LogP contribution is -2.51. The van der Waals surface area contributed by atoms with Gasteiger partial charge in [0.15, 0.2) is 6.29 Å². The molecule has 1 rings (SSSR count). The molecular weight excluding hydrogens is 448 g/mol. The van der Waals surface area contributed by atoms with Crippen LogP contribution in [0.2, 0.25) is 0 Å². The molecule has 0 unspecified atom stereocenters. The third-order valence-corrected chi connectivity index (χ3v) is 6.31. The Morgan fingerprint density at radius 1 is 0.879 bits per heavy atom. The summed E-state index contributed by atoms with van der Waals surface area (Å²) in [4.78, 5) is 0. The van der Waals surface area contributed by atoms with Crippen molar-refractivity contribution in [2.45, 2.75) is 128 Å². The van der Waals surface area contributed by atoms with Crippen LogP contribution in [0, 0.1) is 0 Å². The predicted octanol–water partition coefficient (Wildman–Crippen LogP) is 4.70. The molecule has 0 radical (unpaired) electrons. The van der Waals surface area contributed by atoms with E-state index in [-0.39, 0.29) is 6.42 Å². The Balaban J connectivity index is 1.97. The fourth-order valence-electron chi connectivity index (χ4n) is 3.88. The fraction of sp³-hybridized carbons (Fsp3) is 0.917. The lowest BCUT2D eigenvalue weighted by Gasteiger charge is -2.36. The van der Waals surface area contributed by atoms with Crippen molar-refractivity contribution in [3.05, 3.63) is 12.2 Å². The van der Waals surface area contributed by atoms with E-state index in [1.165, 1.54) is 64.2 Å². The minimum absolute atomic E-state index is 0.0932. The van der Waals surface area contributed by atoms with Crippen LogP contribution in [0.15, 0.2) is 12.2 Å². The van der Waals surface area contributed by atoms with Gasteiger partial charge in [-0.3, -0.25) is 4.55 Å². The van der Waals surface area contributed by atoms with E-state index in [9.17, 15) is 18.6 Å². The first kappa shape index (κ1) is 30.5. The van der Waals surface area contributed by atoms with Gasteiger partial charge in [-0.2, -0.15) is 8.42 Å². The largest absolute Gasteiger partial charge is 0.397 e. The van der Waals surface area contributed by atoms with Gasteiger partial charge in [-0.1, -0.05) is 76.9 Å². The van der Waals surface area contributed by atoms with Crippen molar-refractivity contribution in [3.63, 3.8) is 0 Å². The third-order valence-electron chi connectivity index (χ3n) is 5.88. The second-order valence-corrected chi connectivity index (χ2v) is 10.0. The number of unbranched alkanes of at least 4 members (excludes halogenated alkanes) is 12. The zero-order chi connectivity index (χ0) is 24.4. The van der Waals surface area contributed by atoms with E-state index in [1.54, 1.807) is 0 Å². The maximum Gasteiger partial charge on any atom is 0.397 e. The Morgan fingerprint density at radius 2 is 1.42 bits per heavy atom. The van der Waals surface area contributed by atoms with Crippen molar-refractivity contribution < 1.29 is 36.8 Å². The fourth-order valence-corrected chi connectivity index (χ4v) is 4.18. The Hall–Kier alpha value is -0.550. The SMILES string of the molecule is CCCCCCCC/C=C\CCCCCCCCO[C@@H]1C[C@@H](O)[C@H](O)[C@@H](COS(=O)(=O)O)O1. The Kier molecular flexibility index (Phi) is 17.3. The smallest absolute Gasteiger partial charge is 0.390 e. The second kappa shape index (κ2) is 18.7. The van der Waals surface area contributed by atoms with Crippen LogP contribution in [0.3, 0.4) is 0 Å². The van der Waals surface area contributed by atoms with Gasteiger partial charge in [0.25, 0.3) is 0 Å². The molecule has 0 bridgehead atoms. The van der Waals surface area contributed by atoms with Crippen molar-refractivity contribution in [1.29, 1.82) is 0 Å². The molecule has 0 amide bonds. The van der Waals surface area contributed by atoms with Gasteiger partial charge in [0.1, 0.15) is 12.2 Å². The van der Waals surface area contributed by atoms with Crippen molar-refractivity contribution >= 4 is 10.4 Å². The van der Waals surface area contributed by atoms with Crippen LogP contribution in [0.25, 0.3) is 0 Å². The van der Waals surface area contributed by atoms with Crippen LogP contribution in [-0.2, 0) is 24.1 Å². The van der Waals surface area contributed by atoms with Crippen molar-refractivity contribution in [1.82, 2.24) is 0 Å². The standard InChI is InChI=1S/C24H46O8S/c1-2-3-4-5-6-7-8-9-10-11-12-13-14-15-16-17-18-30-23-19-21(25)24(26)22(32-23)20-31-33(27,28)29/h9-10,21-26H,2-8,11-20H2,1H3,(H,27,28,29)/b10-9-/t21-,22-,23+,24+/m1/s1. The number of ether oxygens (including phenoxy) is 2. The van der Waals surface area contributed by atoms with Crippen LogP contribution in [0.1, 0.15) is 103 Å². The molecule has 8 nitrogen and oxygen atoms in total. The summed E-state index contributed by atoms with van der Waals surface area (Å²) in [6.07, 6.45) is 17.6. The number of rotatable bonds is 20. The number of allylic oxidation sites excluding steroid dienone is 2. The van der Waals surface area contributed by atoms with Gasteiger partial charge in [-0.05, 0) is 32.1 Å². The van der Waals surface area contributed by atoms with Crippen LogP contribution in [-0.4, -0.2) is 61.0 Å². The Morgan fingerprint density at radius 3 is 2.00 bits per heavy atom. The highest BCUT2D eigenvalue weighted by atomic mass is 32.3. The van der Waals surface area contributed by atoms with Gasteiger partial charge in [0.05, 0.1) is 12.7 Å². The monoisotopic (exact) mass is 494 g/mol.